The number of nitrogens with zero attached hydrogens (tertiary/aromatic N) is 4. The summed E-state index contributed by atoms with van der Waals surface area (Å²) in [6, 6.07) is 4.37. The van der Waals surface area contributed by atoms with E-state index in [1.165, 1.54) is 6.07 Å². The first-order chi connectivity index (χ1) is 9.58. The molecule has 0 saturated heterocycles. The lowest BCUT2D eigenvalue weighted by Crippen LogP contribution is -2.14. The van der Waals surface area contributed by atoms with E-state index in [1.807, 2.05) is 6.92 Å². The van der Waals surface area contributed by atoms with E-state index >= 15 is 0 Å². The van der Waals surface area contributed by atoms with Crippen LogP contribution in [-0.2, 0) is 6.42 Å². The minimum atomic E-state index is -0.511. The van der Waals surface area contributed by atoms with Crippen molar-refractivity contribution < 1.29 is 10.1 Å². The minimum absolute atomic E-state index is 0.137. The fraction of sp³-hybridized carbons (Fsp3) is 0.167. The van der Waals surface area contributed by atoms with Crippen LogP contribution in [0.15, 0.2) is 35.7 Å². The number of rotatable bonds is 4. The molecule has 0 saturated carbocycles. The van der Waals surface area contributed by atoms with Gasteiger partial charge in [0.25, 0.3) is 5.69 Å². The molecule has 0 radical (unpaired) electrons. The maximum Gasteiger partial charge on any atom is 0.293 e. The molecule has 8 heteroatoms. The number of nitro groups is 1. The summed E-state index contributed by atoms with van der Waals surface area (Å²) in [5.74, 6) is 0.533. The summed E-state index contributed by atoms with van der Waals surface area (Å²) in [4.78, 5) is 14.8. The Bertz CT molecular complexity index is 677. The minimum Gasteiger partial charge on any atom is -0.409 e. The van der Waals surface area contributed by atoms with Crippen LogP contribution in [-0.4, -0.2) is 25.5 Å². The van der Waals surface area contributed by atoms with Crippen molar-refractivity contribution in [2.75, 3.05) is 0 Å². The Morgan fingerprint density at radius 1 is 1.60 bits per heavy atom. The van der Waals surface area contributed by atoms with Gasteiger partial charge in [-0.3, -0.25) is 14.7 Å². The Hall–Kier alpha value is -2.90. The van der Waals surface area contributed by atoms with Crippen molar-refractivity contribution in [1.82, 2.24) is 9.55 Å². The summed E-state index contributed by atoms with van der Waals surface area (Å²) in [7, 11) is 0. The molecule has 1 aromatic heterocycles. The predicted octanol–water partition coefficient (Wildman–Crippen LogP) is 1.44. The van der Waals surface area contributed by atoms with Crippen LogP contribution in [0.1, 0.15) is 18.3 Å². The van der Waals surface area contributed by atoms with Gasteiger partial charge in [0.15, 0.2) is 5.84 Å². The van der Waals surface area contributed by atoms with Crippen molar-refractivity contribution in [2.24, 2.45) is 10.9 Å². The third-order valence-corrected chi connectivity index (χ3v) is 2.87. The number of amidine groups is 1. The molecule has 0 fully saturated rings. The molecule has 0 aliphatic carbocycles. The van der Waals surface area contributed by atoms with E-state index in [2.05, 4.69) is 10.1 Å². The number of hydrogen-bond donors (Lipinski definition) is 2. The molecule has 0 amide bonds. The van der Waals surface area contributed by atoms with Crippen LogP contribution in [0.3, 0.4) is 0 Å². The van der Waals surface area contributed by atoms with Crippen LogP contribution in [0, 0.1) is 10.1 Å². The Kier molecular flexibility index (Phi) is 3.65. The third kappa shape index (κ3) is 2.30. The second-order valence-corrected chi connectivity index (χ2v) is 4.01. The fourth-order valence-electron chi connectivity index (χ4n) is 1.91. The smallest absolute Gasteiger partial charge is 0.293 e. The van der Waals surface area contributed by atoms with E-state index < -0.39 is 4.92 Å². The van der Waals surface area contributed by atoms with Gasteiger partial charge in [0, 0.05) is 30.4 Å². The standard InChI is InChI=1S/C12H13N5O3/c1-2-11-14-5-6-16(11)9-4-3-8(12(13)15-18)7-10(9)17(19)20/h3-7,18H,2H2,1H3,(H2,13,15). The van der Waals surface area contributed by atoms with Gasteiger partial charge in [0.1, 0.15) is 11.5 Å². The molecule has 1 heterocycles. The lowest BCUT2D eigenvalue weighted by molar-refractivity contribution is -0.384. The molecule has 1 aromatic carbocycles. The Morgan fingerprint density at radius 3 is 2.95 bits per heavy atom. The normalized spacial score (nSPS) is 11.6. The average molecular weight is 275 g/mol. The van der Waals surface area contributed by atoms with Crippen molar-refractivity contribution >= 4 is 11.5 Å². The largest absolute Gasteiger partial charge is 0.409 e. The summed E-state index contributed by atoms with van der Waals surface area (Å²) in [5, 5.41) is 22.7. The first-order valence-electron chi connectivity index (χ1n) is 5.87. The van der Waals surface area contributed by atoms with Gasteiger partial charge in [-0.1, -0.05) is 12.1 Å². The Balaban J connectivity index is 2.62. The average Bonchev–Trinajstić information content (AvgIpc) is 2.93. The number of nitrogens with two attached hydrogens (primary N) is 1. The first kappa shape index (κ1) is 13.5. The monoisotopic (exact) mass is 275 g/mol. The maximum absolute atomic E-state index is 11.2. The van der Waals surface area contributed by atoms with Gasteiger partial charge in [-0.15, -0.1) is 0 Å². The van der Waals surface area contributed by atoms with Crippen molar-refractivity contribution in [3.05, 3.63) is 52.1 Å². The summed E-state index contributed by atoms with van der Waals surface area (Å²) >= 11 is 0. The van der Waals surface area contributed by atoms with Crippen LogP contribution >= 0.6 is 0 Å². The third-order valence-electron chi connectivity index (χ3n) is 2.87. The highest BCUT2D eigenvalue weighted by atomic mass is 16.6. The number of oxime groups is 1. The van der Waals surface area contributed by atoms with Gasteiger partial charge in [-0.25, -0.2) is 4.98 Å². The van der Waals surface area contributed by atoms with Gasteiger partial charge >= 0.3 is 0 Å². The molecule has 0 spiro atoms. The van der Waals surface area contributed by atoms with Crippen LogP contribution in [0.25, 0.3) is 5.69 Å². The number of aryl methyl sites for hydroxylation is 1. The summed E-state index contributed by atoms with van der Waals surface area (Å²) in [5.41, 5.74) is 5.98. The molecule has 104 valence electrons. The van der Waals surface area contributed by atoms with Crippen LogP contribution in [0.2, 0.25) is 0 Å². The summed E-state index contributed by atoms with van der Waals surface area (Å²) < 4.78 is 1.65. The molecule has 2 aromatic rings. The van der Waals surface area contributed by atoms with Crippen LogP contribution in [0.5, 0.6) is 0 Å². The number of nitro benzene ring substituents is 1. The number of imidazole rings is 1. The molecule has 2 rings (SSSR count). The summed E-state index contributed by atoms with van der Waals surface area (Å²) in [6.07, 6.45) is 3.89. The van der Waals surface area contributed by atoms with Crippen LogP contribution in [0.4, 0.5) is 5.69 Å². The van der Waals surface area contributed by atoms with E-state index in [-0.39, 0.29) is 17.1 Å². The zero-order valence-corrected chi connectivity index (χ0v) is 10.7. The number of aromatic nitrogens is 2. The van der Waals surface area contributed by atoms with E-state index in [1.54, 1.807) is 29.1 Å². The zero-order chi connectivity index (χ0) is 14.7. The lowest BCUT2D eigenvalue weighted by atomic mass is 10.1. The van der Waals surface area contributed by atoms with Crippen LogP contribution < -0.4 is 5.73 Å². The van der Waals surface area contributed by atoms with Gasteiger partial charge in [-0.2, -0.15) is 0 Å². The fourth-order valence-corrected chi connectivity index (χ4v) is 1.91. The Labute approximate surface area is 114 Å². The van der Waals surface area contributed by atoms with E-state index in [0.717, 1.165) is 0 Å². The van der Waals surface area contributed by atoms with Crippen molar-refractivity contribution in [2.45, 2.75) is 13.3 Å². The van der Waals surface area contributed by atoms with E-state index in [9.17, 15) is 10.1 Å². The van der Waals surface area contributed by atoms with E-state index in [4.69, 9.17) is 10.9 Å². The highest BCUT2D eigenvalue weighted by Gasteiger charge is 2.19. The van der Waals surface area contributed by atoms with Gasteiger partial charge in [-0.05, 0) is 12.1 Å². The van der Waals surface area contributed by atoms with Crippen molar-refractivity contribution in [1.29, 1.82) is 0 Å². The van der Waals surface area contributed by atoms with Gasteiger partial charge in [0.2, 0.25) is 0 Å². The van der Waals surface area contributed by atoms with Crippen molar-refractivity contribution in [3.63, 3.8) is 0 Å². The van der Waals surface area contributed by atoms with E-state index in [0.29, 0.717) is 17.9 Å². The molecule has 3 N–H and O–H groups in total. The molecule has 0 bridgehead atoms. The van der Waals surface area contributed by atoms with Gasteiger partial charge < -0.3 is 10.9 Å². The molecule has 0 aliphatic rings. The molecule has 0 aliphatic heterocycles. The SMILES string of the molecule is CCc1nccn1-c1ccc(C(N)=NO)cc1[N+](=O)[O-]. The summed E-state index contributed by atoms with van der Waals surface area (Å²) in [6.45, 7) is 1.91. The van der Waals surface area contributed by atoms with Crippen molar-refractivity contribution in [3.8, 4) is 5.69 Å². The molecule has 8 nitrogen and oxygen atoms in total. The zero-order valence-electron chi connectivity index (χ0n) is 10.7. The lowest BCUT2D eigenvalue weighted by Gasteiger charge is -2.08. The highest BCUT2D eigenvalue weighted by molar-refractivity contribution is 5.98. The topological polar surface area (TPSA) is 120 Å². The Morgan fingerprint density at radius 2 is 2.35 bits per heavy atom. The maximum atomic E-state index is 11.2. The number of benzene rings is 1. The van der Waals surface area contributed by atoms with Gasteiger partial charge in [0.05, 0.1) is 4.92 Å². The molecule has 0 unspecified atom stereocenters. The molecular formula is C12H13N5O3. The molecule has 0 atom stereocenters. The molecule has 20 heavy (non-hydrogen) atoms. The highest BCUT2D eigenvalue weighted by Crippen LogP contribution is 2.25. The quantitative estimate of drug-likeness (QED) is 0.287. The second kappa shape index (κ2) is 5.39. The second-order valence-electron chi connectivity index (χ2n) is 4.01. The number of hydrogen-bond acceptors (Lipinski definition) is 5. The predicted molar refractivity (Wildman–Crippen MR) is 72.1 cm³/mol. The first-order valence-corrected chi connectivity index (χ1v) is 5.87. The molecular weight excluding hydrogens is 262 g/mol.